The van der Waals surface area contributed by atoms with E-state index in [1.165, 1.54) is 6.42 Å². The fraction of sp³-hybridized carbons (Fsp3) is 0.833. The SMILES string of the molecule is CC1(C(=O)NC2CCNC2=O)CCCCC1. The number of nitrogens with one attached hydrogen (secondary N) is 2. The summed E-state index contributed by atoms with van der Waals surface area (Å²) in [5, 5.41) is 5.62. The molecule has 0 radical (unpaired) electrons. The Hall–Kier alpha value is -1.06. The van der Waals surface area contributed by atoms with Crippen LogP contribution in [-0.2, 0) is 9.59 Å². The third-order valence-corrected chi connectivity index (χ3v) is 3.86. The first-order chi connectivity index (χ1) is 7.62. The average molecular weight is 224 g/mol. The molecule has 1 aliphatic heterocycles. The number of carbonyl (C=O) groups excluding carboxylic acids is 2. The van der Waals surface area contributed by atoms with Crippen LogP contribution in [0, 0.1) is 5.41 Å². The zero-order valence-corrected chi connectivity index (χ0v) is 9.84. The Morgan fingerprint density at radius 2 is 2.06 bits per heavy atom. The van der Waals surface area contributed by atoms with E-state index in [9.17, 15) is 9.59 Å². The lowest BCUT2D eigenvalue weighted by molar-refractivity contribution is -0.135. The Labute approximate surface area is 96.2 Å². The van der Waals surface area contributed by atoms with E-state index in [1.54, 1.807) is 0 Å². The molecule has 2 rings (SSSR count). The van der Waals surface area contributed by atoms with E-state index in [4.69, 9.17) is 0 Å². The van der Waals surface area contributed by atoms with Crippen molar-refractivity contribution >= 4 is 11.8 Å². The first-order valence-electron chi connectivity index (χ1n) is 6.20. The largest absolute Gasteiger partial charge is 0.354 e. The van der Waals surface area contributed by atoms with Gasteiger partial charge in [-0.1, -0.05) is 26.2 Å². The van der Waals surface area contributed by atoms with Crippen molar-refractivity contribution in [3.8, 4) is 0 Å². The number of hydrogen-bond donors (Lipinski definition) is 2. The molecule has 0 spiro atoms. The van der Waals surface area contributed by atoms with Crippen LogP contribution in [0.15, 0.2) is 0 Å². The van der Waals surface area contributed by atoms with Crippen molar-refractivity contribution in [2.24, 2.45) is 5.41 Å². The van der Waals surface area contributed by atoms with E-state index in [0.29, 0.717) is 6.54 Å². The van der Waals surface area contributed by atoms with Gasteiger partial charge in [0.05, 0.1) is 0 Å². The molecule has 4 nitrogen and oxygen atoms in total. The van der Waals surface area contributed by atoms with Crippen LogP contribution in [0.5, 0.6) is 0 Å². The maximum Gasteiger partial charge on any atom is 0.242 e. The summed E-state index contributed by atoms with van der Waals surface area (Å²) in [7, 11) is 0. The van der Waals surface area contributed by atoms with Gasteiger partial charge in [-0.25, -0.2) is 0 Å². The fourth-order valence-corrected chi connectivity index (χ4v) is 2.62. The van der Waals surface area contributed by atoms with Gasteiger partial charge in [0.1, 0.15) is 6.04 Å². The quantitative estimate of drug-likeness (QED) is 0.734. The smallest absolute Gasteiger partial charge is 0.242 e. The second-order valence-electron chi connectivity index (χ2n) is 5.23. The van der Waals surface area contributed by atoms with Crippen LogP contribution in [0.1, 0.15) is 45.4 Å². The minimum atomic E-state index is -0.300. The van der Waals surface area contributed by atoms with Crippen molar-refractivity contribution in [1.29, 1.82) is 0 Å². The summed E-state index contributed by atoms with van der Waals surface area (Å²) in [6, 6.07) is -0.300. The molecule has 0 aromatic heterocycles. The molecule has 1 unspecified atom stereocenters. The molecule has 1 atom stereocenters. The lowest BCUT2D eigenvalue weighted by Crippen LogP contribution is -2.47. The molecule has 1 saturated carbocycles. The average Bonchev–Trinajstić information content (AvgIpc) is 2.65. The first kappa shape index (κ1) is 11.4. The molecule has 2 N–H and O–H groups in total. The molecule has 2 fully saturated rings. The Morgan fingerprint density at radius 1 is 1.38 bits per heavy atom. The maximum atomic E-state index is 12.1. The Kier molecular flexibility index (Phi) is 3.17. The number of amides is 2. The highest BCUT2D eigenvalue weighted by molar-refractivity contribution is 5.91. The van der Waals surface area contributed by atoms with E-state index in [-0.39, 0.29) is 23.3 Å². The molecule has 0 aromatic rings. The van der Waals surface area contributed by atoms with E-state index < -0.39 is 0 Å². The molecule has 1 saturated heterocycles. The normalized spacial score (nSPS) is 28.6. The van der Waals surface area contributed by atoms with Crippen LogP contribution >= 0.6 is 0 Å². The highest BCUT2D eigenvalue weighted by Crippen LogP contribution is 2.36. The van der Waals surface area contributed by atoms with Crippen LogP contribution < -0.4 is 10.6 Å². The molecule has 0 aromatic carbocycles. The van der Waals surface area contributed by atoms with Gasteiger partial charge in [-0.05, 0) is 19.3 Å². The summed E-state index contributed by atoms with van der Waals surface area (Å²) in [6.07, 6.45) is 6.11. The number of rotatable bonds is 2. The van der Waals surface area contributed by atoms with Gasteiger partial charge >= 0.3 is 0 Å². The van der Waals surface area contributed by atoms with Crippen LogP contribution in [0.4, 0.5) is 0 Å². The lowest BCUT2D eigenvalue weighted by atomic mass is 9.75. The van der Waals surface area contributed by atoms with Gasteiger partial charge < -0.3 is 10.6 Å². The summed E-state index contributed by atoms with van der Waals surface area (Å²) in [5.41, 5.74) is -0.249. The molecule has 90 valence electrons. The highest BCUT2D eigenvalue weighted by Gasteiger charge is 2.37. The van der Waals surface area contributed by atoms with Crippen molar-refractivity contribution < 1.29 is 9.59 Å². The van der Waals surface area contributed by atoms with Crippen LogP contribution in [0.3, 0.4) is 0 Å². The van der Waals surface area contributed by atoms with E-state index in [0.717, 1.165) is 32.1 Å². The Morgan fingerprint density at radius 3 is 2.62 bits per heavy atom. The molecule has 0 bridgehead atoms. The predicted molar refractivity (Wildman–Crippen MR) is 60.7 cm³/mol. The van der Waals surface area contributed by atoms with Crippen LogP contribution in [0.2, 0.25) is 0 Å². The predicted octanol–water partition coefficient (Wildman–Crippen LogP) is 0.961. The Bertz CT molecular complexity index is 295. The third kappa shape index (κ3) is 2.20. The van der Waals surface area contributed by atoms with Gasteiger partial charge in [0.2, 0.25) is 11.8 Å². The molecule has 2 aliphatic rings. The summed E-state index contributed by atoms with van der Waals surface area (Å²) in [4.78, 5) is 23.5. The summed E-state index contributed by atoms with van der Waals surface area (Å²) >= 11 is 0. The monoisotopic (exact) mass is 224 g/mol. The van der Waals surface area contributed by atoms with Crippen molar-refractivity contribution in [2.75, 3.05) is 6.54 Å². The zero-order valence-electron chi connectivity index (χ0n) is 9.84. The minimum Gasteiger partial charge on any atom is -0.354 e. The van der Waals surface area contributed by atoms with Crippen molar-refractivity contribution in [3.05, 3.63) is 0 Å². The summed E-state index contributed by atoms with van der Waals surface area (Å²) in [6.45, 7) is 2.70. The first-order valence-corrected chi connectivity index (χ1v) is 6.20. The van der Waals surface area contributed by atoms with Crippen LogP contribution in [0.25, 0.3) is 0 Å². The van der Waals surface area contributed by atoms with Crippen molar-refractivity contribution in [1.82, 2.24) is 10.6 Å². The van der Waals surface area contributed by atoms with E-state index in [1.807, 2.05) is 6.92 Å². The molecular weight excluding hydrogens is 204 g/mol. The van der Waals surface area contributed by atoms with E-state index in [2.05, 4.69) is 10.6 Å². The van der Waals surface area contributed by atoms with E-state index >= 15 is 0 Å². The van der Waals surface area contributed by atoms with Gasteiger partial charge in [0, 0.05) is 12.0 Å². The molecule has 2 amide bonds. The number of carbonyl (C=O) groups is 2. The summed E-state index contributed by atoms with van der Waals surface area (Å²) in [5.74, 6) is 0.0296. The zero-order chi connectivity index (χ0) is 11.6. The summed E-state index contributed by atoms with van der Waals surface area (Å²) < 4.78 is 0. The van der Waals surface area contributed by atoms with Gasteiger partial charge in [-0.3, -0.25) is 9.59 Å². The van der Waals surface area contributed by atoms with Gasteiger partial charge in [-0.15, -0.1) is 0 Å². The standard InChI is InChI=1S/C12H20N2O2/c1-12(6-3-2-4-7-12)11(16)14-9-5-8-13-10(9)15/h9H,2-8H2,1H3,(H,13,15)(H,14,16). The van der Waals surface area contributed by atoms with Crippen molar-refractivity contribution in [3.63, 3.8) is 0 Å². The van der Waals surface area contributed by atoms with Crippen molar-refractivity contribution in [2.45, 2.75) is 51.5 Å². The lowest BCUT2D eigenvalue weighted by Gasteiger charge is -2.32. The minimum absolute atomic E-state index is 0.0345. The molecule has 1 aliphatic carbocycles. The second-order valence-corrected chi connectivity index (χ2v) is 5.23. The third-order valence-electron chi connectivity index (χ3n) is 3.86. The molecule has 1 heterocycles. The van der Waals surface area contributed by atoms with Gasteiger partial charge in [0.15, 0.2) is 0 Å². The molecule has 4 heteroatoms. The maximum absolute atomic E-state index is 12.1. The molecular formula is C12H20N2O2. The fourth-order valence-electron chi connectivity index (χ4n) is 2.62. The highest BCUT2D eigenvalue weighted by atomic mass is 16.2. The second kappa shape index (κ2) is 4.44. The van der Waals surface area contributed by atoms with Gasteiger partial charge in [0.25, 0.3) is 0 Å². The topological polar surface area (TPSA) is 58.2 Å². The van der Waals surface area contributed by atoms with Crippen LogP contribution in [-0.4, -0.2) is 24.4 Å². The molecule has 16 heavy (non-hydrogen) atoms. The van der Waals surface area contributed by atoms with Gasteiger partial charge in [-0.2, -0.15) is 0 Å². The Balaban J connectivity index is 1.93. The number of hydrogen-bond acceptors (Lipinski definition) is 2.